The van der Waals surface area contributed by atoms with Crippen LogP contribution < -0.4 is 5.32 Å². The molecular weight excluding hydrogens is 387 g/mol. The second kappa shape index (κ2) is 5.72. The minimum Gasteiger partial charge on any atom is -0.369 e. The molecule has 3 aromatic rings. The van der Waals surface area contributed by atoms with Gasteiger partial charge in [-0.05, 0) is 65.4 Å². The smallest absolute Gasteiger partial charge is 0.133 e. The fraction of sp³-hybridized carbons (Fsp3) is 0.176. The van der Waals surface area contributed by atoms with Gasteiger partial charge < -0.3 is 5.32 Å². The molecule has 4 nitrogen and oxygen atoms in total. The second-order valence-electron chi connectivity index (χ2n) is 5.34. The van der Waals surface area contributed by atoms with Crippen LogP contribution >= 0.6 is 22.6 Å². The molecule has 1 N–H and O–H groups in total. The van der Waals surface area contributed by atoms with Crippen molar-refractivity contribution in [2.45, 2.75) is 12.8 Å². The van der Waals surface area contributed by atoms with Crippen LogP contribution in [-0.4, -0.2) is 21.3 Å². The van der Waals surface area contributed by atoms with E-state index in [1.807, 2.05) is 23.0 Å². The van der Waals surface area contributed by atoms with E-state index in [-0.39, 0.29) is 0 Å². The summed E-state index contributed by atoms with van der Waals surface area (Å²) in [7, 11) is 0. The molecule has 1 aliphatic heterocycles. The van der Waals surface area contributed by atoms with Crippen LogP contribution in [0, 0.1) is 3.57 Å². The largest absolute Gasteiger partial charge is 0.369 e. The standard InChI is InChI=1S/C17H15IN4/c18-12-4-6-14(7-5-12)22-17-15(8-10-20-17)16(21-22)11-13-3-1-2-9-19-13/h1-7,9,20H,8,10-11H2. The van der Waals surface area contributed by atoms with Crippen molar-refractivity contribution < 1.29 is 0 Å². The maximum Gasteiger partial charge on any atom is 0.133 e. The number of fused-ring (bicyclic) bond motifs is 1. The van der Waals surface area contributed by atoms with Crippen LogP contribution in [0.3, 0.4) is 0 Å². The molecule has 0 saturated heterocycles. The molecule has 110 valence electrons. The lowest BCUT2D eigenvalue weighted by Crippen LogP contribution is -2.05. The van der Waals surface area contributed by atoms with Crippen LogP contribution in [0.4, 0.5) is 5.82 Å². The number of pyridine rings is 1. The summed E-state index contributed by atoms with van der Waals surface area (Å²) < 4.78 is 3.25. The highest BCUT2D eigenvalue weighted by molar-refractivity contribution is 14.1. The number of rotatable bonds is 3. The van der Waals surface area contributed by atoms with Crippen molar-refractivity contribution in [3.05, 3.63) is 69.2 Å². The Hall–Kier alpha value is -1.89. The van der Waals surface area contributed by atoms with Gasteiger partial charge in [0.2, 0.25) is 0 Å². The van der Waals surface area contributed by atoms with Gasteiger partial charge in [0.25, 0.3) is 0 Å². The maximum absolute atomic E-state index is 4.84. The molecule has 0 aliphatic carbocycles. The second-order valence-corrected chi connectivity index (χ2v) is 6.58. The average Bonchev–Trinajstić information content (AvgIpc) is 3.13. The minimum atomic E-state index is 0.780. The van der Waals surface area contributed by atoms with Gasteiger partial charge >= 0.3 is 0 Å². The van der Waals surface area contributed by atoms with Gasteiger partial charge in [0.1, 0.15) is 5.82 Å². The van der Waals surface area contributed by atoms with Crippen molar-refractivity contribution in [3.8, 4) is 5.69 Å². The van der Waals surface area contributed by atoms with Crippen molar-refractivity contribution >= 4 is 28.4 Å². The lowest BCUT2D eigenvalue weighted by atomic mass is 10.1. The number of benzene rings is 1. The van der Waals surface area contributed by atoms with Gasteiger partial charge in [0, 0.05) is 34.0 Å². The number of aromatic nitrogens is 3. The van der Waals surface area contributed by atoms with E-state index in [2.05, 4.69) is 63.2 Å². The summed E-state index contributed by atoms with van der Waals surface area (Å²) in [5, 5.41) is 8.30. The maximum atomic E-state index is 4.84. The molecular formula is C17H15IN4. The zero-order chi connectivity index (χ0) is 14.9. The highest BCUT2D eigenvalue weighted by Crippen LogP contribution is 2.29. The van der Waals surface area contributed by atoms with E-state index < -0.39 is 0 Å². The first-order valence-electron chi connectivity index (χ1n) is 7.32. The Balaban J connectivity index is 1.75. The molecule has 0 unspecified atom stereocenters. The fourth-order valence-corrected chi connectivity index (χ4v) is 3.19. The van der Waals surface area contributed by atoms with Gasteiger partial charge in [-0.3, -0.25) is 4.98 Å². The lowest BCUT2D eigenvalue weighted by molar-refractivity contribution is 0.833. The molecule has 22 heavy (non-hydrogen) atoms. The predicted molar refractivity (Wildman–Crippen MR) is 95.5 cm³/mol. The highest BCUT2D eigenvalue weighted by Gasteiger charge is 2.23. The van der Waals surface area contributed by atoms with Gasteiger partial charge in [-0.1, -0.05) is 6.07 Å². The molecule has 3 heterocycles. The van der Waals surface area contributed by atoms with Gasteiger partial charge in [-0.15, -0.1) is 0 Å². The number of hydrogen-bond acceptors (Lipinski definition) is 3. The van der Waals surface area contributed by atoms with E-state index >= 15 is 0 Å². The zero-order valence-electron chi connectivity index (χ0n) is 12.0. The van der Waals surface area contributed by atoms with Crippen molar-refractivity contribution in [3.63, 3.8) is 0 Å². The Morgan fingerprint density at radius 2 is 2.00 bits per heavy atom. The Labute approximate surface area is 142 Å². The van der Waals surface area contributed by atoms with Crippen molar-refractivity contribution in [2.24, 2.45) is 0 Å². The monoisotopic (exact) mass is 402 g/mol. The van der Waals surface area contributed by atoms with Crippen LogP contribution in [0.1, 0.15) is 17.0 Å². The van der Waals surface area contributed by atoms with E-state index in [9.17, 15) is 0 Å². The molecule has 0 amide bonds. The number of nitrogens with one attached hydrogen (secondary N) is 1. The third kappa shape index (κ3) is 2.49. The first-order valence-corrected chi connectivity index (χ1v) is 8.39. The van der Waals surface area contributed by atoms with Crippen molar-refractivity contribution in [1.82, 2.24) is 14.8 Å². The molecule has 0 spiro atoms. The minimum absolute atomic E-state index is 0.780. The molecule has 2 aromatic heterocycles. The third-order valence-electron chi connectivity index (χ3n) is 3.88. The summed E-state index contributed by atoms with van der Waals surface area (Å²) in [5.74, 6) is 1.13. The third-order valence-corrected chi connectivity index (χ3v) is 4.60. The fourth-order valence-electron chi connectivity index (χ4n) is 2.83. The highest BCUT2D eigenvalue weighted by atomic mass is 127. The van der Waals surface area contributed by atoms with Gasteiger partial charge in [-0.2, -0.15) is 5.10 Å². The number of halogens is 1. The molecule has 5 heteroatoms. The summed E-state index contributed by atoms with van der Waals surface area (Å²) in [5.41, 5.74) is 4.60. The normalized spacial score (nSPS) is 13.0. The van der Waals surface area contributed by atoms with Gasteiger partial charge in [0.05, 0.1) is 11.4 Å². The number of hydrogen-bond donors (Lipinski definition) is 1. The summed E-state index contributed by atoms with van der Waals surface area (Å²) in [6, 6.07) is 14.5. The van der Waals surface area contributed by atoms with Crippen LogP contribution in [0.15, 0.2) is 48.7 Å². The first kappa shape index (κ1) is 13.8. The van der Waals surface area contributed by atoms with E-state index in [4.69, 9.17) is 5.10 Å². The van der Waals surface area contributed by atoms with Gasteiger partial charge in [-0.25, -0.2) is 4.68 Å². The quantitative estimate of drug-likeness (QED) is 0.683. The Bertz CT molecular complexity index is 794. The lowest BCUT2D eigenvalue weighted by Gasteiger charge is -2.06. The van der Waals surface area contributed by atoms with Crippen LogP contribution in [0.5, 0.6) is 0 Å². The molecule has 0 fully saturated rings. The van der Waals surface area contributed by atoms with E-state index in [1.54, 1.807) is 0 Å². The van der Waals surface area contributed by atoms with Crippen molar-refractivity contribution in [2.75, 3.05) is 11.9 Å². The van der Waals surface area contributed by atoms with Crippen LogP contribution in [0.2, 0.25) is 0 Å². The summed E-state index contributed by atoms with van der Waals surface area (Å²) in [6.45, 7) is 0.979. The Kier molecular flexibility index (Phi) is 3.57. The molecule has 0 radical (unpaired) electrons. The summed E-state index contributed by atoms with van der Waals surface area (Å²) in [4.78, 5) is 4.42. The SMILES string of the molecule is Ic1ccc(-n2nc(Cc3ccccn3)c3c2NCC3)cc1. The van der Waals surface area contributed by atoms with E-state index in [0.29, 0.717) is 0 Å². The van der Waals surface area contributed by atoms with Crippen LogP contribution in [0.25, 0.3) is 5.69 Å². The molecule has 4 rings (SSSR count). The number of nitrogens with zero attached hydrogens (tertiary/aromatic N) is 3. The van der Waals surface area contributed by atoms with E-state index in [1.165, 1.54) is 9.13 Å². The van der Waals surface area contributed by atoms with E-state index in [0.717, 1.165) is 42.3 Å². The first-order chi connectivity index (χ1) is 10.8. The van der Waals surface area contributed by atoms with Crippen molar-refractivity contribution in [1.29, 1.82) is 0 Å². The zero-order valence-corrected chi connectivity index (χ0v) is 14.1. The van der Waals surface area contributed by atoms with Gasteiger partial charge in [0.15, 0.2) is 0 Å². The Morgan fingerprint density at radius 1 is 1.14 bits per heavy atom. The topological polar surface area (TPSA) is 42.7 Å². The molecule has 1 aromatic carbocycles. The number of anilines is 1. The average molecular weight is 402 g/mol. The predicted octanol–water partition coefficient (Wildman–Crippen LogP) is 3.43. The summed E-state index contributed by atoms with van der Waals surface area (Å²) >= 11 is 2.32. The molecule has 0 saturated carbocycles. The molecule has 0 atom stereocenters. The summed E-state index contributed by atoms with van der Waals surface area (Å²) in [6.07, 6.45) is 3.65. The molecule has 1 aliphatic rings. The molecule has 0 bridgehead atoms. The Morgan fingerprint density at radius 3 is 2.77 bits per heavy atom. The van der Waals surface area contributed by atoms with Crippen LogP contribution in [-0.2, 0) is 12.8 Å².